The molecule has 0 saturated heterocycles. The molecule has 1 nitrogen and oxygen atoms in total. The van der Waals surface area contributed by atoms with Crippen LogP contribution in [0.5, 0.6) is 0 Å². The summed E-state index contributed by atoms with van der Waals surface area (Å²) in [5, 5.41) is 0. The van der Waals surface area contributed by atoms with Gasteiger partial charge in [-0.05, 0) is 24.2 Å². The van der Waals surface area contributed by atoms with Crippen LogP contribution >= 0.6 is 0 Å². The van der Waals surface area contributed by atoms with E-state index in [0.717, 1.165) is 18.7 Å². The van der Waals surface area contributed by atoms with Crippen molar-refractivity contribution in [2.75, 3.05) is 6.54 Å². The van der Waals surface area contributed by atoms with Crippen molar-refractivity contribution in [1.29, 1.82) is 0 Å². The van der Waals surface area contributed by atoms with Gasteiger partial charge in [0.2, 0.25) is 0 Å². The van der Waals surface area contributed by atoms with Crippen LogP contribution < -0.4 is 0 Å². The number of rotatable bonds is 3. The highest BCUT2D eigenvalue weighted by molar-refractivity contribution is 6.04. The van der Waals surface area contributed by atoms with Crippen molar-refractivity contribution in [3.05, 3.63) is 35.6 Å². The molecule has 0 aromatic heterocycles. The zero-order valence-electron chi connectivity index (χ0n) is 7.05. The smallest absolute Gasteiger partial charge is 0.143 e. The Kier molecular flexibility index (Phi) is 3.43. The maximum atomic E-state index is 12.7. The topological polar surface area (TPSA) is 3.24 Å². The average Bonchev–Trinajstić information content (AvgIpc) is 2.04. The minimum atomic E-state index is -0.177. The lowest BCUT2D eigenvalue weighted by atomic mass is 10.2. The fourth-order valence-electron chi connectivity index (χ4n) is 0.968. The second-order valence-corrected chi connectivity index (χ2v) is 3.28. The minimum Gasteiger partial charge on any atom is -0.323 e. The third-order valence-corrected chi connectivity index (χ3v) is 2.12. The quantitative estimate of drug-likeness (QED) is 0.640. The van der Waals surface area contributed by atoms with Gasteiger partial charge in [0.1, 0.15) is 16.2 Å². The van der Waals surface area contributed by atoms with Gasteiger partial charge < -0.3 is 4.57 Å². The van der Waals surface area contributed by atoms with E-state index in [4.69, 9.17) is 0 Å². The van der Waals surface area contributed by atoms with Crippen LogP contribution in [-0.2, 0) is 6.54 Å². The van der Waals surface area contributed by atoms with Crippen molar-refractivity contribution in [3.63, 3.8) is 0 Å². The molecule has 0 atom stereocenters. The van der Waals surface area contributed by atoms with E-state index in [1.807, 2.05) is 17.6 Å². The average molecular weight is 180 g/mol. The Morgan fingerprint density at radius 2 is 2.25 bits per heavy atom. The number of hydrogen-bond donors (Lipinski definition) is 0. The van der Waals surface area contributed by atoms with Gasteiger partial charge in [-0.25, -0.2) is 4.39 Å². The highest BCUT2D eigenvalue weighted by atomic mass is 28.2. The van der Waals surface area contributed by atoms with Gasteiger partial charge in [-0.15, -0.1) is 0 Å². The van der Waals surface area contributed by atoms with Crippen molar-refractivity contribution in [2.45, 2.75) is 13.5 Å². The summed E-state index contributed by atoms with van der Waals surface area (Å²) < 4.78 is 14.6. The molecule has 0 spiro atoms. The molecule has 0 saturated carbocycles. The molecular weight excluding hydrogens is 169 g/mol. The maximum Gasteiger partial charge on any atom is 0.143 e. The molecule has 0 amide bonds. The highest BCUT2D eigenvalue weighted by Crippen LogP contribution is 2.05. The first-order chi connectivity index (χ1) is 5.72. The van der Waals surface area contributed by atoms with Crippen molar-refractivity contribution in [1.82, 2.24) is 4.57 Å². The largest absolute Gasteiger partial charge is 0.323 e. The Bertz CT molecular complexity index is 252. The molecule has 0 fully saturated rings. The highest BCUT2D eigenvalue weighted by Gasteiger charge is 1.98. The van der Waals surface area contributed by atoms with E-state index in [9.17, 15) is 4.39 Å². The summed E-state index contributed by atoms with van der Waals surface area (Å²) in [6.07, 6.45) is 0. The van der Waals surface area contributed by atoms with E-state index < -0.39 is 0 Å². The number of nitrogens with zero attached hydrogens (tertiary/aromatic N) is 1. The van der Waals surface area contributed by atoms with Gasteiger partial charge >= 0.3 is 0 Å². The van der Waals surface area contributed by atoms with Gasteiger partial charge in [0, 0.05) is 6.54 Å². The van der Waals surface area contributed by atoms with Gasteiger partial charge in [0.15, 0.2) is 0 Å². The molecule has 1 rings (SSSR count). The van der Waals surface area contributed by atoms with Crippen LogP contribution in [0.4, 0.5) is 4.39 Å². The van der Waals surface area contributed by atoms with Crippen LogP contribution in [0.25, 0.3) is 0 Å². The second-order valence-electron chi connectivity index (χ2n) is 2.64. The first kappa shape index (κ1) is 9.42. The molecular formula is C9H11FNSi. The summed E-state index contributed by atoms with van der Waals surface area (Å²) >= 11 is 0. The number of halogens is 1. The van der Waals surface area contributed by atoms with Gasteiger partial charge in [-0.3, -0.25) is 0 Å². The molecule has 1 aromatic rings. The van der Waals surface area contributed by atoms with Crippen LogP contribution in [0.2, 0.25) is 0 Å². The van der Waals surface area contributed by atoms with Crippen LogP contribution in [-0.4, -0.2) is 21.5 Å². The molecule has 0 aliphatic carbocycles. The fraction of sp³-hybridized carbons (Fsp3) is 0.333. The molecule has 63 valence electrons. The van der Waals surface area contributed by atoms with Crippen molar-refractivity contribution < 1.29 is 4.39 Å². The van der Waals surface area contributed by atoms with Gasteiger partial charge in [-0.1, -0.05) is 19.1 Å². The number of hydrogen-bond acceptors (Lipinski definition) is 1. The van der Waals surface area contributed by atoms with Gasteiger partial charge in [0.05, 0.1) is 0 Å². The second kappa shape index (κ2) is 4.38. The predicted molar refractivity (Wildman–Crippen MR) is 48.2 cm³/mol. The Balaban J connectivity index is 2.63. The zero-order chi connectivity index (χ0) is 8.97. The molecule has 12 heavy (non-hydrogen) atoms. The summed E-state index contributed by atoms with van der Waals surface area (Å²) in [4.78, 5) is 0. The van der Waals surface area contributed by atoms with Crippen LogP contribution in [0.3, 0.4) is 0 Å². The van der Waals surface area contributed by atoms with Crippen LogP contribution in [0, 0.1) is 5.82 Å². The minimum absolute atomic E-state index is 0.177. The lowest BCUT2D eigenvalue weighted by molar-refractivity contribution is 0.472. The van der Waals surface area contributed by atoms with Gasteiger partial charge in [0.25, 0.3) is 0 Å². The van der Waals surface area contributed by atoms with E-state index in [2.05, 4.69) is 10.4 Å². The summed E-state index contributed by atoms with van der Waals surface area (Å²) in [6, 6.07) is 6.63. The standard InChI is InChI=1S/C9H11FNSi/c1-2-11(12)7-8-4-3-5-9(10)6-8/h3-6H,2,7H2,1H3. The molecule has 0 aliphatic rings. The Morgan fingerprint density at radius 3 is 2.83 bits per heavy atom. The predicted octanol–water partition coefficient (Wildman–Crippen LogP) is 1.73. The summed E-state index contributed by atoms with van der Waals surface area (Å²) in [6.45, 7) is 3.66. The third-order valence-electron chi connectivity index (χ3n) is 1.64. The Morgan fingerprint density at radius 1 is 1.50 bits per heavy atom. The van der Waals surface area contributed by atoms with Gasteiger partial charge in [-0.2, -0.15) is 0 Å². The monoisotopic (exact) mass is 180 g/mol. The molecule has 3 radical (unpaired) electrons. The van der Waals surface area contributed by atoms with E-state index in [-0.39, 0.29) is 5.82 Å². The Labute approximate surface area is 75.7 Å². The summed E-state index contributed by atoms with van der Waals surface area (Å²) in [5.41, 5.74) is 0.979. The lowest BCUT2D eigenvalue weighted by Gasteiger charge is -2.13. The molecule has 0 bridgehead atoms. The zero-order valence-corrected chi connectivity index (χ0v) is 8.05. The SMILES string of the molecule is CCN([Si])Cc1cccc(F)c1. The Hall–Kier alpha value is -0.673. The molecule has 0 aliphatic heterocycles. The van der Waals surface area contributed by atoms with Crippen LogP contribution in [0.1, 0.15) is 12.5 Å². The lowest BCUT2D eigenvalue weighted by Crippen LogP contribution is -2.18. The third kappa shape index (κ3) is 2.75. The molecule has 0 heterocycles. The first-order valence-electron chi connectivity index (χ1n) is 3.93. The maximum absolute atomic E-state index is 12.7. The molecule has 0 N–H and O–H groups in total. The number of benzene rings is 1. The van der Waals surface area contributed by atoms with Crippen molar-refractivity contribution in [2.24, 2.45) is 0 Å². The van der Waals surface area contributed by atoms with Crippen molar-refractivity contribution in [3.8, 4) is 0 Å². The molecule has 1 aromatic carbocycles. The molecule has 0 unspecified atom stereocenters. The molecule has 3 heteroatoms. The van der Waals surface area contributed by atoms with E-state index in [1.54, 1.807) is 12.1 Å². The summed E-state index contributed by atoms with van der Waals surface area (Å²) in [7, 11) is 3.40. The normalized spacial score (nSPS) is 10.7. The first-order valence-corrected chi connectivity index (χ1v) is 4.37. The van der Waals surface area contributed by atoms with E-state index >= 15 is 0 Å². The van der Waals surface area contributed by atoms with Crippen molar-refractivity contribution >= 4 is 10.4 Å². The van der Waals surface area contributed by atoms with Crippen LogP contribution in [0.15, 0.2) is 24.3 Å². The summed E-state index contributed by atoms with van der Waals surface area (Å²) in [5.74, 6) is -0.177. The van der Waals surface area contributed by atoms with E-state index in [0.29, 0.717) is 0 Å². The van der Waals surface area contributed by atoms with E-state index in [1.165, 1.54) is 6.07 Å². The fourth-order valence-corrected chi connectivity index (χ4v) is 1.15.